The van der Waals surface area contributed by atoms with Crippen LogP contribution >= 0.6 is 0 Å². The number of nitrogens with zero attached hydrogens (tertiary/aromatic N) is 3. The lowest BCUT2D eigenvalue weighted by molar-refractivity contribution is 0.0341. The lowest BCUT2D eigenvalue weighted by Crippen LogP contribution is -2.45. The number of rotatable bonds is 8. The average molecular weight is 402 g/mol. The molecule has 1 atom stereocenters. The molecule has 0 amide bonds. The van der Waals surface area contributed by atoms with E-state index in [1.807, 2.05) is 7.05 Å². The van der Waals surface area contributed by atoms with E-state index in [0.717, 1.165) is 64.5 Å². The molecule has 6 heteroatoms. The third-order valence-electron chi connectivity index (χ3n) is 6.20. The molecule has 2 aliphatic rings. The van der Waals surface area contributed by atoms with Gasteiger partial charge >= 0.3 is 0 Å². The molecule has 0 radical (unpaired) electrons. The second kappa shape index (κ2) is 12.2. The predicted molar refractivity (Wildman–Crippen MR) is 120 cm³/mol. The molecule has 1 unspecified atom stereocenters. The molecule has 0 aliphatic carbocycles. The van der Waals surface area contributed by atoms with Crippen molar-refractivity contribution >= 4 is 5.96 Å². The van der Waals surface area contributed by atoms with Gasteiger partial charge in [0.25, 0.3) is 0 Å². The first-order chi connectivity index (χ1) is 14.3. The van der Waals surface area contributed by atoms with E-state index in [9.17, 15) is 0 Å². The van der Waals surface area contributed by atoms with Crippen LogP contribution in [0.5, 0.6) is 0 Å². The summed E-state index contributed by atoms with van der Waals surface area (Å²) in [6, 6.07) is 9.47. The van der Waals surface area contributed by atoms with Gasteiger partial charge in [0.2, 0.25) is 0 Å². The van der Waals surface area contributed by atoms with Crippen molar-refractivity contribution in [2.75, 3.05) is 53.0 Å². The summed E-state index contributed by atoms with van der Waals surface area (Å²) >= 11 is 0. The standard InChI is InChI=1S/C23H39N5O/c1-3-22-10-6-7-12-28(22)13-11-25-23(24-2)26-18-20-8-4-5-9-21(20)19-27-14-16-29-17-15-27/h4-5,8-9,22H,3,6-7,10-19H2,1-2H3,(H2,24,25,26). The van der Waals surface area contributed by atoms with Crippen molar-refractivity contribution in [1.82, 2.24) is 20.4 Å². The van der Waals surface area contributed by atoms with Crippen molar-refractivity contribution < 1.29 is 4.74 Å². The van der Waals surface area contributed by atoms with Crippen LogP contribution < -0.4 is 10.6 Å². The van der Waals surface area contributed by atoms with Gasteiger partial charge in [-0.05, 0) is 36.9 Å². The van der Waals surface area contributed by atoms with Gasteiger partial charge in [-0.2, -0.15) is 0 Å². The van der Waals surface area contributed by atoms with Crippen molar-refractivity contribution in [3.05, 3.63) is 35.4 Å². The number of likely N-dealkylation sites (tertiary alicyclic amines) is 1. The van der Waals surface area contributed by atoms with Crippen LogP contribution in [0.1, 0.15) is 43.7 Å². The first-order valence-electron chi connectivity index (χ1n) is 11.4. The third-order valence-corrected chi connectivity index (χ3v) is 6.20. The monoisotopic (exact) mass is 401 g/mol. The molecule has 162 valence electrons. The molecule has 1 aromatic rings. The van der Waals surface area contributed by atoms with Crippen LogP contribution in [0.2, 0.25) is 0 Å². The van der Waals surface area contributed by atoms with Gasteiger partial charge in [0.05, 0.1) is 13.2 Å². The summed E-state index contributed by atoms with van der Waals surface area (Å²) in [6.07, 6.45) is 5.33. The fraction of sp³-hybridized carbons (Fsp3) is 0.696. The molecule has 2 N–H and O–H groups in total. The molecule has 1 aromatic carbocycles. The Balaban J connectivity index is 1.45. The largest absolute Gasteiger partial charge is 0.379 e. The maximum absolute atomic E-state index is 5.47. The van der Waals surface area contributed by atoms with E-state index in [2.05, 4.69) is 56.6 Å². The first kappa shape index (κ1) is 22.1. The van der Waals surface area contributed by atoms with Gasteiger partial charge < -0.3 is 15.4 Å². The maximum Gasteiger partial charge on any atom is 0.191 e. The number of ether oxygens (including phenoxy) is 1. The Bertz CT molecular complexity index is 629. The third kappa shape index (κ3) is 6.98. The minimum Gasteiger partial charge on any atom is -0.379 e. The Labute approximate surface area is 176 Å². The zero-order chi connectivity index (χ0) is 20.3. The summed E-state index contributed by atoms with van der Waals surface area (Å²) in [5.41, 5.74) is 2.72. The number of piperidine rings is 1. The van der Waals surface area contributed by atoms with E-state index < -0.39 is 0 Å². The van der Waals surface area contributed by atoms with Gasteiger partial charge in [0, 0.05) is 52.4 Å². The van der Waals surface area contributed by atoms with E-state index in [1.165, 1.54) is 43.4 Å². The van der Waals surface area contributed by atoms with E-state index in [-0.39, 0.29) is 0 Å². The summed E-state index contributed by atoms with van der Waals surface area (Å²) in [4.78, 5) is 9.53. The fourth-order valence-electron chi connectivity index (χ4n) is 4.42. The highest BCUT2D eigenvalue weighted by molar-refractivity contribution is 5.79. The molecule has 0 saturated carbocycles. The number of benzene rings is 1. The van der Waals surface area contributed by atoms with Crippen LogP contribution in [0.4, 0.5) is 0 Å². The van der Waals surface area contributed by atoms with E-state index in [1.54, 1.807) is 0 Å². The summed E-state index contributed by atoms with van der Waals surface area (Å²) in [5.74, 6) is 0.885. The van der Waals surface area contributed by atoms with Gasteiger partial charge in [0.15, 0.2) is 5.96 Å². The number of morpholine rings is 1. The summed E-state index contributed by atoms with van der Waals surface area (Å²) in [7, 11) is 1.85. The Morgan fingerprint density at radius 1 is 1.10 bits per heavy atom. The second-order valence-electron chi connectivity index (χ2n) is 8.10. The molecule has 0 aromatic heterocycles. The van der Waals surface area contributed by atoms with Crippen LogP contribution in [0, 0.1) is 0 Å². The lowest BCUT2D eigenvalue weighted by atomic mass is 10.0. The summed E-state index contributed by atoms with van der Waals surface area (Å²) in [5, 5.41) is 7.01. The number of hydrogen-bond acceptors (Lipinski definition) is 4. The normalized spacial score (nSPS) is 21.9. The van der Waals surface area contributed by atoms with Crippen molar-refractivity contribution in [2.45, 2.75) is 51.7 Å². The predicted octanol–water partition coefficient (Wildman–Crippen LogP) is 2.45. The van der Waals surface area contributed by atoms with E-state index in [0.29, 0.717) is 0 Å². The molecule has 2 heterocycles. The van der Waals surface area contributed by atoms with Crippen molar-refractivity contribution in [3.63, 3.8) is 0 Å². The minimum absolute atomic E-state index is 0.757. The maximum atomic E-state index is 5.47. The molecule has 0 spiro atoms. The zero-order valence-corrected chi connectivity index (χ0v) is 18.3. The Morgan fingerprint density at radius 3 is 2.66 bits per heavy atom. The van der Waals surface area contributed by atoms with Gasteiger partial charge in [-0.15, -0.1) is 0 Å². The van der Waals surface area contributed by atoms with Gasteiger partial charge in [-0.3, -0.25) is 14.8 Å². The van der Waals surface area contributed by atoms with Crippen LogP contribution in [0.25, 0.3) is 0 Å². The Hall–Kier alpha value is -1.63. The number of nitrogens with one attached hydrogen (secondary N) is 2. The van der Waals surface area contributed by atoms with Crippen LogP contribution in [-0.2, 0) is 17.8 Å². The summed E-state index contributed by atoms with van der Waals surface area (Å²) in [6.45, 7) is 11.1. The molecular formula is C23H39N5O. The first-order valence-corrected chi connectivity index (χ1v) is 11.4. The molecule has 6 nitrogen and oxygen atoms in total. The van der Waals surface area contributed by atoms with Gasteiger partial charge in [-0.1, -0.05) is 37.6 Å². The minimum atomic E-state index is 0.757. The van der Waals surface area contributed by atoms with Crippen LogP contribution in [-0.4, -0.2) is 74.8 Å². The lowest BCUT2D eigenvalue weighted by Gasteiger charge is -2.35. The van der Waals surface area contributed by atoms with E-state index in [4.69, 9.17) is 4.74 Å². The van der Waals surface area contributed by atoms with Gasteiger partial charge in [-0.25, -0.2) is 0 Å². The second-order valence-corrected chi connectivity index (χ2v) is 8.10. The fourth-order valence-corrected chi connectivity index (χ4v) is 4.42. The average Bonchev–Trinajstić information content (AvgIpc) is 2.78. The highest BCUT2D eigenvalue weighted by Gasteiger charge is 2.20. The molecule has 2 saturated heterocycles. The SMILES string of the molecule is CCC1CCCCN1CCNC(=NC)NCc1ccccc1CN1CCOCC1. The number of hydrogen-bond donors (Lipinski definition) is 2. The molecule has 2 aliphatic heterocycles. The zero-order valence-electron chi connectivity index (χ0n) is 18.3. The van der Waals surface area contributed by atoms with Crippen molar-refractivity contribution in [3.8, 4) is 0 Å². The number of aliphatic imine (C=N–C) groups is 1. The van der Waals surface area contributed by atoms with Crippen LogP contribution in [0.3, 0.4) is 0 Å². The quantitative estimate of drug-likeness (QED) is 0.518. The van der Waals surface area contributed by atoms with Gasteiger partial charge in [0.1, 0.15) is 0 Å². The van der Waals surface area contributed by atoms with Crippen molar-refractivity contribution in [2.24, 2.45) is 4.99 Å². The topological polar surface area (TPSA) is 52.1 Å². The van der Waals surface area contributed by atoms with Crippen LogP contribution in [0.15, 0.2) is 29.3 Å². The smallest absolute Gasteiger partial charge is 0.191 e. The van der Waals surface area contributed by atoms with Crippen molar-refractivity contribution in [1.29, 1.82) is 0 Å². The Morgan fingerprint density at radius 2 is 1.90 bits per heavy atom. The van der Waals surface area contributed by atoms with E-state index >= 15 is 0 Å². The summed E-state index contributed by atoms with van der Waals surface area (Å²) < 4.78 is 5.47. The molecular weight excluding hydrogens is 362 g/mol. The highest BCUT2D eigenvalue weighted by Crippen LogP contribution is 2.18. The Kier molecular flexibility index (Phi) is 9.25. The number of guanidine groups is 1. The molecule has 3 rings (SSSR count). The molecule has 29 heavy (non-hydrogen) atoms. The molecule has 2 fully saturated rings. The molecule has 0 bridgehead atoms. The highest BCUT2D eigenvalue weighted by atomic mass is 16.5.